The number of hydrogen-bond donors (Lipinski definition) is 1. The van der Waals surface area contributed by atoms with Crippen LogP contribution in [-0.4, -0.2) is 16.9 Å². The Hall–Kier alpha value is -2.45. The van der Waals surface area contributed by atoms with E-state index in [2.05, 4.69) is 39.4 Å². The lowest BCUT2D eigenvalue weighted by Gasteiger charge is -2.28. The number of carbonyl (C=O) groups excluding carboxylic acids is 1. The normalized spacial score (nSPS) is 19.7. The third-order valence-electron chi connectivity index (χ3n) is 3.75. The number of nitrogens with zero attached hydrogens (tertiary/aromatic N) is 2. The lowest BCUT2D eigenvalue weighted by atomic mass is 9.86. The topological polar surface area (TPSA) is 65.8 Å². The first-order valence-electron chi connectivity index (χ1n) is 7.61. The third kappa shape index (κ3) is 4.53. The first-order chi connectivity index (χ1) is 11.5. The third-order valence-corrected chi connectivity index (χ3v) is 4.19. The van der Waals surface area contributed by atoms with Crippen LogP contribution in [0.1, 0.15) is 25.0 Å². The Kier molecular flexibility index (Phi) is 6.28. The fourth-order valence-corrected chi connectivity index (χ4v) is 2.97. The number of nitrogens with one attached hydrogen (secondary N) is 1. The van der Waals surface area contributed by atoms with Crippen LogP contribution in [0.4, 0.5) is 0 Å². The fraction of sp³-hybridized carbons (Fsp3) is 0.211. The molecule has 1 aliphatic carbocycles. The Bertz CT molecular complexity index is 771. The molecule has 1 heterocycles. The zero-order chi connectivity index (χ0) is 17.5. The zero-order valence-corrected chi connectivity index (χ0v) is 14.8. The van der Waals surface area contributed by atoms with E-state index in [-0.39, 0.29) is 11.6 Å². The molecule has 0 aromatic carbocycles. The van der Waals surface area contributed by atoms with Gasteiger partial charge in [0.2, 0.25) is 0 Å². The molecule has 5 heteroatoms. The van der Waals surface area contributed by atoms with Crippen molar-refractivity contribution in [1.29, 1.82) is 5.26 Å². The SMILES string of the molecule is C=C/C=C1\C(=C)CCC[C@@H]1NC(=O)/C(C#N)=C/c1cccc(Br)n1. The minimum Gasteiger partial charge on any atom is -0.345 e. The van der Waals surface area contributed by atoms with E-state index in [0.717, 1.165) is 30.4 Å². The van der Waals surface area contributed by atoms with Gasteiger partial charge in [0.05, 0.1) is 11.7 Å². The van der Waals surface area contributed by atoms with Crippen molar-refractivity contribution in [2.24, 2.45) is 0 Å². The molecular weight excluding hydrogens is 366 g/mol. The number of nitriles is 1. The molecule has 0 unspecified atom stereocenters. The van der Waals surface area contributed by atoms with Gasteiger partial charge in [-0.2, -0.15) is 5.26 Å². The van der Waals surface area contributed by atoms with Crippen molar-refractivity contribution in [1.82, 2.24) is 10.3 Å². The second-order valence-corrected chi connectivity index (χ2v) is 6.25. The van der Waals surface area contributed by atoms with Gasteiger partial charge in [-0.1, -0.05) is 31.4 Å². The predicted molar refractivity (Wildman–Crippen MR) is 98.7 cm³/mol. The van der Waals surface area contributed by atoms with Crippen LogP contribution in [0.25, 0.3) is 6.08 Å². The van der Waals surface area contributed by atoms with E-state index >= 15 is 0 Å². The van der Waals surface area contributed by atoms with Crippen molar-refractivity contribution in [2.45, 2.75) is 25.3 Å². The van der Waals surface area contributed by atoms with Gasteiger partial charge in [0.25, 0.3) is 5.91 Å². The summed E-state index contributed by atoms with van der Waals surface area (Å²) in [6.07, 6.45) is 7.73. The summed E-state index contributed by atoms with van der Waals surface area (Å²) in [7, 11) is 0. The number of pyridine rings is 1. The number of hydrogen-bond acceptors (Lipinski definition) is 3. The summed E-state index contributed by atoms with van der Waals surface area (Å²) in [6, 6.07) is 7.12. The minimum atomic E-state index is -0.408. The number of amides is 1. The molecule has 0 saturated heterocycles. The smallest absolute Gasteiger partial charge is 0.262 e. The number of aromatic nitrogens is 1. The van der Waals surface area contributed by atoms with Crippen LogP contribution in [0.2, 0.25) is 0 Å². The molecule has 1 aromatic rings. The van der Waals surface area contributed by atoms with Crippen LogP contribution >= 0.6 is 15.9 Å². The molecule has 0 aliphatic heterocycles. The van der Waals surface area contributed by atoms with Gasteiger partial charge in [-0.15, -0.1) is 0 Å². The molecule has 1 atom stereocenters. The quantitative estimate of drug-likeness (QED) is 0.483. The minimum absolute atomic E-state index is 0.0229. The highest BCUT2D eigenvalue weighted by Crippen LogP contribution is 2.28. The zero-order valence-electron chi connectivity index (χ0n) is 13.3. The molecule has 2 rings (SSSR count). The molecule has 0 bridgehead atoms. The monoisotopic (exact) mass is 383 g/mol. The van der Waals surface area contributed by atoms with Crippen molar-refractivity contribution in [2.75, 3.05) is 0 Å². The maximum absolute atomic E-state index is 12.5. The van der Waals surface area contributed by atoms with Crippen LogP contribution in [0.15, 0.2) is 64.8 Å². The molecule has 1 aliphatic rings. The molecular formula is C19H18BrN3O. The maximum atomic E-state index is 12.5. The van der Waals surface area contributed by atoms with Crippen molar-refractivity contribution in [3.63, 3.8) is 0 Å². The summed E-state index contributed by atoms with van der Waals surface area (Å²) in [5, 5.41) is 12.2. The number of halogens is 1. The van der Waals surface area contributed by atoms with Crippen molar-refractivity contribution in [3.05, 3.63) is 70.5 Å². The summed E-state index contributed by atoms with van der Waals surface area (Å²) in [6.45, 7) is 7.76. The Morgan fingerprint density at radius 2 is 2.29 bits per heavy atom. The standard InChI is InChI=1S/C19H18BrN3O/c1-3-6-16-13(2)7-4-9-17(16)23-19(24)14(12-21)11-15-8-5-10-18(20)22-15/h3,5-6,8,10-11,17H,1-2,4,7,9H2,(H,23,24)/b14-11+,16-6+/t17-/m0/s1. The van der Waals surface area contributed by atoms with E-state index in [1.165, 1.54) is 6.08 Å². The molecule has 1 fully saturated rings. The molecule has 1 saturated carbocycles. The second kappa shape index (κ2) is 8.42. The molecule has 0 spiro atoms. The molecule has 122 valence electrons. The molecule has 0 radical (unpaired) electrons. The molecule has 24 heavy (non-hydrogen) atoms. The maximum Gasteiger partial charge on any atom is 0.262 e. The molecule has 4 nitrogen and oxygen atoms in total. The van der Waals surface area contributed by atoms with E-state index in [1.807, 2.05) is 12.1 Å². The summed E-state index contributed by atoms with van der Waals surface area (Å²) < 4.78 is 0.647. The highest BCUT2D eigenvalue weighted by atomic mass is 79.9. The van der Waals surface area contributed by atoms with E-state index < -0.39 is 5.91 Å². The molecule has 1 aromatic heterocycles. The second-order valence-electron chi connectivity index (χ2n) is 5.43. The van der Waals surface area contributed by atoms with Crippen LogP contribution in [0.5, 0.6) is 0 Å². The average Bonchev–Trinajstić information content (AvgIpc) is 2.56. The lowest BCUT2D eigenvalue weighted by Crippen LogP contribution is -2.39. The first-order valence-corrected chi connectivity index (χ1v) is 8.40. The molecule has 1 amide bonds. The largest absolute Gasteiger partial charge is 0.345 e. The van der Waals surface area contributed by atoms with Gasteiger partial charge in [0.15, 0.2) is 0 Å². The van der Waals surface area contributed by atoms with Crippen LogP contribution in [0.3, 0.4) is 0 Å². The summed E-state index contributed by atoms with van der Waals surface area (Å²) in [5.74, 6) is -0.408. The van der Waals surface area contributed by atoms with Gasteiger partial charge in [-0.25, -0.2) is 4.98 Å². The summed E-state index contributed by atoms with van der Waals surface area (Å²) >= 11 is 3.27. The van der Waals surface area contributed by atoms with E-state index in [1.54, 1.807) is 24.3 Å². The van der Waals surface area contributed by atoms with E-state index in [9.17, 15) is 10.1 Å². The van der Waals surface area contributed by atoms with Crippen LogP contribution in [0, 0.1) is 11.3 Å². The van der Waals surface area contributed by atoms with Gasteiger partial charge in [0, 0.05) is 0 Å². The Morgan fingerprint density at radius 1 is 1.50 bits per heavy atom. The number of rotatable bonds is 4. The number of allylic oxidation sites excluding steroid dienone is 2. The van der Waals surface area contributed by atoms with Crippen molar-refractivity contribution in [3.8, 4) is 6.07 Å². The summed E-state index contributed by atoms with van der Waals surface area (Å²) in [5.41, 5.74) is 2.55. The molecule has 1 N–H and O–H groups in total. The van der Waals surface area contributed by atoms with Crippen LogP contribution in [-0.2, 0) is 4.79 Å². The highest BCUT2D eigenvalue weighted by Gasteiger charge is 2.24. The average molecular weight is 384 g/mol. The van der Waals surface area contributed by atoms with Crippen molar-refractivity contribution >= 4 is 27.9 Å². The first kappa shape index (κ1) is 17.9. The lowest BCUT2D eigenvalue weighted by molar-refractivity contribution is -0.117. The van der Waals surface area contributed by atoms with Gasteiger partial charge in [-0.3, -0.25) is 4.79 Å². The van der Waals surface area contributed by atoms with Gasteiger partial charge in [-0.05, 0) is 64.5 Å². The highest BCUT2D eigenvalue weighted by molar-refractivity contribution is 9.10. The van der Waals surface area contributed by atoms with E-state index in [4.69, 9.17) is 0 Å². The van der Waals surface area contributed by atoms with Gasteiger partial charge < -0.3 is 5.32 Å². The van der Waals surface area contributed by atoms with Gasteiger partial charge >= 0.3 is 0 Å². The summed E-state index contributed by atoms with van der Waals surface area (Å²) in [4.78, 5) is 16.7. The van der Waals surface area contributed by atoms with Crippen molar-refractivity contribution < 1.29 is 4.79 Å². The Labute approximate surface area is 150 Å². The fourth-order valence-electron chi connectivity index (χ4n) is 2.61. The van der Waals surface area contributed by atoms with E-state index in [0.29, 0.717) is 10.3 Å². The Balaban J connectivity index is 2.20. The Morgan fingerprint density at radius 3 is 2.96 bits per heavy atom. The predicted octanol–water partition coefficient (Wildman–Crippen LogP) is 4.09. The van der Waals surface area contributed by atoms with Crippen LogP contribution < -0.4 is 5.32 Å². The van der Waals surface area contributed by atoms with Gasteiger partial charge in [0.1, 0.15) is 16.2 Å². The number of carbonyl (C=O) groups is 1.